The highest BCUT2D eigenvalue weighted by molar-refractivity contribution is 7.99. The fourth-order valence-corrected chi connectivity index (χ4v) is 2.60. The van der Waals surface area contributed by atoms with Crippen molar-refractivity contribution >= 4 is 11.8 Å². The number of hydrogen-bond acceptors (Lipinski definition) is 3. The Balaban J connectivity index is 2.06. The molecular weight excluding hydrogens is 242 g/mol. The molecule has 3 heteroatoms. The first kappa shape index (κ1) is 15.4. The van der Waals surface area contributed by atoms with Crippen LogP contribution in [-0.4, -0.2) is 18.1 Å². The molecule has 0 aliphatic rings. The standard InChI is InChI=1S/C15H25NOS/c1-3-13(2)12-18-10-4-9-17-15-7-5-14(11-16)6-8-15/h5-8,13H,3-4,9-12,16H2,1-2H3. The average Bonchev–Trinajstić information content (AvgIpc) is 2.43. The Morgan fingerprint density at radius 1 is 1.28 bits per heavy atom. The van der Waals surface area contributed by atoms with Crippen LogP contribution in [0, 0.1) is 5.92 Å². The number of nitrogens with two attached hydrogens (primary N) is 1. The minimum absolute atomic E-state index is 0.590. The molecule has 102 valence electrons. The number of ether oxygens (including phenoxy) is 1. The predicted octanol–water partition coefficient (Wildman–Crippen LogP) is 3.69. The van der Waals surface area contributed by atoms with Crippen molar-refractivity contribution in [3.8, 4) is 5.75 Å². The lowest BCUT2D eigenvalue weighted by atomic mass is 10.2. The predicted molar refractivity (Wildman–Crippen MR) is 81.2 cm³/mol. The van der Waals surface area contributed by atoms with Gasteiger partial charge in [0.05, 0.1) is 6.61 Å². The Morgan fingerprint density at radius 3 is 2.61 bits per heavy atom. The first-order valence-corrected chi connectivity index (χ1v) is 7.91. The summed E-state index contributed by atoms with van der Waals surface area (Å²) in [5.74, 6) is 4.23. The van der Waals surface area contributed by atoms with E-state index in [2.05, 4.69) is 13.8 Å². The van der Waals surface area contributed by atoms with Crippen LogP contribution in [0.25, 0.3) is 0 Å². The van der Waals surface area contributed by atoms with Crippen molar-refractivity contribution in [2.24, 2.45) is 11.7 Å². The summed E-state index contributed by atoms with van der Waals surface area (Å²) < 4.78 is 5.68. The van der Waals surface area contributed by atoms with E-state index < -0.39 is 0 Å². The third-order valence-electron chi connectivity index (χ3n) is 2.96. The van der Waals surface area contributed by atoms with Gasteiger partial charge >= 0.3 is 0 Å². The van der Waals surface area contributed by atoms with Crippen LogP contribution in [-0.2, 0) is 6.54 Å². The van der Waals surface area contributed by atoms with Gasteiger partial charge in [0, 0.05) is 6.54 Å². The SMILES string of the molecule is CCC(C)CSCCCOc1ccc(CN)cc1. The van der Waals surface area contributed by atoms with Crippen molar-refractivity contribution < 1.29 is 4.74 Å². The molecule has 0 bridgehead atoms. The number of thioether (sulfide) groups is 1. The largest absolute Gasteiger partial charge is 0.494 e. The topological polar surface area (TPSA) is 35.2 Å². The number of hydrogen-bond donors (Lipinski definition) is 1. The zero-order valence-corrected chi connectivity index (χ0v) is 12.3. The van der Waals surface area contributed by atoms with Gasteiger partial charge in [-0.15, -0.1) is 0 Å². The molecule has 1 aromatic carbocycles. The molecule has 1 atom stereocenters. The smallest absolute Gasteiger partial charge is 0.119 e. The van der Waals surface area contributed by atoms with Crippen LogP contribution < -0.4 is 10.5 Å². The van der Waals surface area contributed by atoms with E-state index >= 15 is 0 Å². The molecule has 1 aromatic rings. The molecule has 0 aromatic heterocycles. The zero-order valence-electron chi connectivity index (χ0n) is 11.5. The van der Waals surface area contributed by atoms with Gasteiger partial charge in [-0.25, -0.2) is 0 Å². The Morgan fingerprint density at radius 2 is 2.00 bits per heavy atom. The lowest BCUT2D eigenvalue weighted by molar-refractivity contribution is 0.318. The zero-order chi connectivity index (χ0) is 13.2. The molecule has 2 N–H and O–H groups in total. The molecule has 1 rings (SSSR count). The van der Waals surface area contributed by atoms with E-state index in [0.29, 0.717) is 6.54 Å². The molecule has 0 aliphatic carbocycles. The first-order chi connectivity index (χ1) is 8.76. The van der Waals surface area contributed by atoms with Crippen LogP contribution in [0.5, 0.6) is 5.75 Å². The second-order valence-electron chi connectivity index (χ2n) is 4.64. The minimum atomic E-state index is 0.590. The second-order valence-corrected chi connectivity index (χ2v) is 5.79. The molecule has 0 fully saturated rings. The third-order valence-corrected chi connectivity index (χ3v) is 4.34. The summed E-state index contributed by atoms with van der Waals surface area (Å²) in [5.41, 5.74) is 6.69. The summed E-state index contributed by atoms with van der Waals surface area (Å²) >= 11 is 2.03. The summed E-state index contributed by atoms with van der Waals surface area (Å²) in [6.45, 7) is 5.95. The van der Waals surface area contributed by atoms with E-state index in [1.807, 2.05) is 36.0 Å². The van der Waals surface area contributed by atoms with Gasteiger partial charge < -0.3 is 10.5 Å². The van der Waals surface area contributed by atoms with Gasteiger partial charge in [-0.1, -0.05) is 32.4 Å². The monoisotopic (exact) mass is 267 g/mol. The van der Waals surface area contributed by atoms with Crippen LogP contribution >= 0.6 is 11.8 Å². The average molecular weight is 267 g/mol. The van der Waals surface area contributed by atoms with Gasteiger partial charge in [-0.3, -0.25) is 0 Å². The molecule has 0 radical (unpaired) electrons. The summed E-state index contributed by atoms with van der Waals surface area (Å²) in [6, 6.07) is 8.03. The summed E-state index contributed by atoms with van der Waals surface area (Å²) in [5, 5.41) is 0. The fraction of sp³-hybridized carbons (Fsp3) is 0.600. The van der Waals surface area contributed by atoms with E-state index in [1.165, 1.54) is 17.9 Å². The van der Waals surface area contributed by atoms with Gasteiger partial charge in [-0.2, -0.15) is 11.8 Å². The maximum atomic E-state index is 5.68. The first-order valence-electron chi connectivity index (χ1n) is 6.75. The van der Waals surface area contributed by atoms with Crippen molar-refractivity contribution in [1.82, 2.24) is 0 Å². The Labute approximate surface area is 115 Å². The molecule has 0 amide bonds. The maximum absolute atomic E-state index is 5.68. The third kappa shape index (κ3) is 6.31. The molecule has 0 aliphatic heterocycles. The van der Waals surface area contributed by atoms with Crippen LogP contribution in [0.15, 0.2) is 24.3 Å². The normalized spacial score (nSPS) is 12.4. The maximum Gasteiger partial charge on any atom is 0.119 e. The molecule has 0 spiro atoms. The van der Waals surface area contributed by atoms with Gasteiger partial charge in [-0.05, 0) is 41.5 Å². The van der Waals surface area contributed by atoms with Crippen molar-refractivity contribution in [1.29, 1.82) is 0 Å². The van der Waals surface area contributed by atoms with Gasteiger partial charge in [0.25, 0.3) is 0 Å². The number of benzene rings is 1. The molecular formula is C15H25NOS. The highest BCUT2D eigenvalue weighted by atomic mass is 32.2. The lowest BCUT2D eigenvalue weighted by Crippen LogP contribution is -2.01. The van der Waals surface area contributed by atoms with Crippen LogP contribution in [0.3, 0.4) is 0 Å². The minimum Gasteiger partial charge on any atom is -0.494 e. The van der Waals surface area contributed by atoms with Gasteiger partial charge in [0.15, 0.2) is 0 Å². The van der Waals surface area contributed by atoms with Gasteiger partial charge in [0.1, 0.15) is 5.75 Å². The quantitative estimate of drug-likeness (QED) is 0.693. The van der Waals surface area contributed by atoms with E-state index in [1.54, 1.807) is 0 Å². The summed E-state index contributed by atoms with van der Waals surface area (Å²) in [6.07, 6.45) is 2.39. The van der Waals surface area contributed by atoms with Crippen LogP contribution in [0.1, 0.15) is 32.3 Å². The Kier molecular flexibility index (Phi) is 7.94. The van der Waals surface area contributed by atoms with Crippen molar-refractivity contribution in [3.05, 3.63) is 29.8 Å². The second kappa shape index (κ2) is 9.29. The lowest BCUT2D eigenvalue weighted by Gasteiger charge is -2.09. The molecule has 0 heterocycles. The summed E-state index contributed by atoms with van der Waals surface area (Å²) in [4.78, 5) is 0. The molecule has 1 unspecified atom stereocenters. The van der Waals surface area contributed by atoms with Crippen LogP contribution in [0.2, 0.25) is 0 Å². The molecule has 2 nitrogen and oxygen atoms in total. The van der Waals surface area contributed by atoms with E-state index in [0.717, 1.165) is 30.3 Å². The van der Waals surface area contributed by atoms with E-state index in [9.17, 15) is 0 Å². The highest BCUT2D eigenvalue weighted by Gasteiger charge is 1.99. The van der Waals surface area contributed by atoms with Crippen molar-refractivity contribution in [2.75, 3.05) is 18.1 Å². The molecule has 18 heavy (non-hydrogen) atoms. The van der Waals surface area contributed by atoms with Crippen LogP contribution in [0.4, 0.5) is 0 Å². The van der Waals surface area contributed by atoms with Crippen molar-refractivity contribution in [3.63, 3.8) is 0 Å². The van der Waals surface area contributed by atoms with Crippen molar-refractivity contribution in [2.45, 2.75) is 33.2 Å². The Hall–Kier alpha value is -0.670. The fourth-order valence-electron chi connectivity index (χ4n) is 1.48. The van der Waals surface area contributed by atoms with Gasteiger partial charge in [0.2, 0.25) is 0 Å². The highest BCUT2D eigenvalue weighted by Crippen LogP contribution is 2.14. The molecule has 0 saturated carbocycles. The van der Waals surface area contributed by atoms with E-state index in [-0.39, 0.29) is 0 Å². The summed E-state index contributed by atoms with van der Waals surface area (Å²) in [7, 11) is 0. The Bertz CT molecular complexity index is 313. The number of rotatable bonds is 9. The van der Waals surface area contributed by atoms with E-state index in [4.69, 9.17) is 10.5 Å². The molecule has 0 saturated heterocycles.